The summed E-state index contributed by atoms with van der Waals surface area (Å²) in [7, 11) is 0. The zero-order valence-electron chi connectivity index (χ0n) is 10.8. The van der Waals surface area contributed by atoms with Crippen LogP contribution in [0, 0.1) is 5.82 Å². The molecule has 0 aliphatic carbocycles. The molecule has 1 N–H and O–H groups in total. The van der Waals surface area contributed by atoms with E-state index in [4.69, 9.17) is 0 Å². The summed E-state index contributed by atoms with van der Waals surface area (Å²) >= 11 is 0. The Bertz CT molecular complexity index is 410. The largest absolute Gasteiger partial charge is 0.344 e. The van der Waals surface area contributed by atoms with Crippen LogP contribution in [0.4, 0.5) is 9.18 Å². The number of nitrogens with zero attached hydrogens (tertiary/aromatic N) is 3. The number of nitrogens with one attached hydrogen (secondary N) is 1. The summed E-state index contributed by atoms with van der Waals surface area (Å²) in [6, 6.07) is 0.669. The second kappa shape index (κ2) is 5.48. The Balaban J connectivity index is 1.88. The fourth-order valence-electron chi connectivity index (χ4n) is 2.26. The summed E-state index contributed by atoms with van der Waals surface area (Å²) in [4.78, 5) is 13.7. The Kier molecular flexibility index (Phi) is 3.96. The van der Waals surface area contributed by atoms with Gasteiger partial charge in [-0.25, -0.2) is 9.18 Å². The molecule has 1 aromatic heterocycles. The van der Waals surface area contributed by atoms with Crippen molar-refractivity contribution >= 4 is 6.03 Å². The van der Waals surface area contributed by atoms with Crippen molar-refractivity contribution in [2.24, 2.45) is 0 Å². The molecule has 2 rings (SSSR count). The maximum Gasteiger partial charge on any atom is 0.344 e. The highest BCUT2D eigenvalue weighted by Crippen LogP contribution is 2.12. The van der Waals surface area contributed by atoms with Crippen LogP contribution in [-0.4, -0.2) is 45.9 Å². The standard InChI is InChI=1S/C12H19FN4O/c1-9(2)15-11-3-5-16(6-4-11)12(18)17-8-10(13)7-14-17/h7-9,11,15H,3-6H2,1-2H3. The number of aromatic nitrogens is 2. The van der Waals surface area contributed by atoms with Gasteiger partial charge in [-0.2, -0.15) is 9.78 Å². The summed E-state index contributed by atoms with van der Waals surface area (Å²) in [6.07, 6.45) is 4.01. The summed E-state index contributed by atoms with van der Waals surface area (Å²) in [6.45, 7) is 5.60. The summed E-state index contributed by atoms with van der Waals surface area (Å²) in [5.41, 5.74) is 0. The molecule has 0 radical (unpaired) electrons. The van der Waals surface area contributed by atoms with Gasteiger partial charge in [0.1, 0.15) is 0 Å². The van der Waals surface area contributed by atoms with Crippen molar-refractivity contribution in [3.8, 4) is 0 Å². The average Bonchev–Trinajstić information content (AvgIpc) is 2.75. The van der Waals surface area contributed by atoms with Gasteiger partial charge in [0, 0.05) is 25.2 Å². The molecule has 6 heteroatoms. The first-order valence-corrected chi connectivity index (χ1v) is 6.32. The molecule has 0 unspecified atom stereocenters. The topological polar surface area (TPSA) is 50.2 Å². The minimum Gasteiger partial charge on any atom is -0.323 e. The third-order valence-electron chi connectivity index (χ3n) is 3.08. The lowest BCUT2D eigenvalue weighted by molar-refractivity contribution is 0.173. The molecule has 0 bridgehead atoms. The first-order valence-electron chi connectivity index (χ1n) is 6.32. The highest BCUT2D eigenvalue weighted by molar-refractivity contribution is 5.75. The van der Waals surface area contributed by atoms with Gasteiger partial charge in [0.15, 0.2) is 5.82 Å². The smallest absolute Gasteiger partial charge is 0.323 e. The van der Waals surface area contributed by atoms with Crippen molar-refractivity contribution in [1.29, 1.82) is 0 Å². The van der Waals surface area contributed by atoms with Crippen LogP contribution in [-0.2, 0) is 0 Å². The third-order valence-corrected chi connectivity index (χ3v) is 3.08. The molecule has 0 aromatic carbocycles. The number of amides is 1. The molecule has 1 fully saturated rings. The van der Waals surface area contributed by atoms with E-state index in [1.165, 1.54) is 0 Å². The maximum atomic E-state index is 12.8. The van der Waals surface area contributed by atoms with E-state index < -0.39 is 5.82 Å². The number of halogens is 1. The number of rotatable bonds is 2. The van der Waals surface area contributed by atoms with Crippen LogP contribution in [0.15, 0.2) is 12.4 Å². The number of likely N-dealkylation sites (tertiary alicyclic amines) is 1. The number of carbonyl (C=O) groups is 1. The van der Waals surface area contributed by atoms with Crippen LogP contribution in [0.3, 0.4) is 0 Å². The van der Waals surface area contributed by atoms with Crippen LogP contribution < -0.4 is 5.32 Å². The van der Waals surface area contributed by atoms with Crippen LogP contribution >= 0.6 is 0 Å². The van der Waals surface area contributed by atoms with E-state index in [1.807, 2.05) is 0 Å². The van der Waals surface area contributed by atoms with Crippen molar-refractivity contribution < 1.29 is 9.18 Å². The quantitative estimate of drug-likeness (QED) is 0.869. The molecular weight excluding hydrogens is 235 g/mol. The summed E-state index contributed by atoms with van der Waals surface area (Å²) in [5, 5.41) is 7.16. The number of hydrogen-bond acceptors (Lipinski definition) is 3. The summed E-state index contributed by atoms with van der Waals surface area (Å²) in [5.74, 6) is -0.486. The zero-order valence-corrected chi connectivity index (χ0v) is 10.8. The van der Waals surface area contributed by atoms with Crippen molar-refractivity contribution in [2.45, 2.75) is 38.8 Å². The molecule has 0 atom stereocenters. The zero-order chi connectivity index (χ0) is 13.1. The average molecular weight is 254 g/mol. The van der Waals surface area contributed by atoms with E-state index in [2.05, 4.69) is 24.3 Å². The Morgan fingerprint density at radius 1 is 1.50 bits per heavy atom. The lowest BCUT2D eigenvalue weighted by Crippen LogP contribution is -2.47. The van der Waals surface area contributed by atoms with Gasteiger partial charge < -0.3 is 10.2 Å². The molecule has 5 nitrogen and oxygen atoms in total. The maximum absolute atomic E-state index is 12.8. The minimum absolute atomic E-state index is 0.248. The van der Waals surface area contributed by atoms with Crippen molar-refractivity contribution in [3.63, 3.8) is 0 Å². The summed E-state index contributed by atoms with van der Waals surface area (Å²) < 4.78 is 13.9. The Hall–Kier alpha value is -1.43. The fraction of sp³-hybridized carbons (Fsp3) is 0.667. The molecule has 1 saturated heterocycles. The van der Waals surface area contributed by atoms with Crippen molar-refractivity contribution in [3.05, 3.63) is 18.2 Å². The van der Waals surface area contributed by atoms with Gasteiger partial charge in [-0.1, -0.05) is 13.8 Å². The predicted octanol–water partition coefficient (Wildman–Crippen LogP) is 1.45. The van der Waals surface area contributed by atoms with Gasteiger partial charge in [-0.3, -0.25) is 0 Å². The monoisotopic (exact) mass is 254 g/mol. The lowest BCUT2D eigenvalue weighted by atomic mass is 10.0. The molecule has 1 aliphatic heterocycles. The number of carbonyl (C=O) groups excluding carboxylic acids is 1. The van der Waals surface area contributed by atoms with Crippen LogP contribution in [0.5, 0.6) is 0 Å². The van der Waals surface area contributed by atoms with E-state index in [1.54, 1.807) is 4.90 Å². The third kappa shape index (κ3) is 3.07. The van der Waals surface area contributed by atoms with Gasteiger partial charge in [0.2, 0.25) is 0 Å². The van der Waals surface area contributed by atoms with Gasteiger partial charge in [-0.05, 0) is 12.8 Å². The predicted molar refractivity (Wildman–Crippen MR) is 65.8 cm³/mol. The van der Waals surface area contributed by atoms with Crippen molar-refractivity contribution in [2.75, 3.05) is 13.1 Å². The Morgan fingerprint density at radius 2 is 2.17 bits per heavy atom. The lowest BCUT2D eigenvalue weighted by Gasteiger charge is -2.33. The first kappa shape index (κ1) is 13.0. The molecule has 1 aromatic rings. The van der Waals surface area contributed by atoms with Gasteiger partial charge in [-0.15, -0.1) is 0 Å². The molecule has 1 aliphatic rings. The second-order valence-corrected chi connectivity index (χ2v) is 4.97. The highest BCUT2D eigenvalue weighted by atomic mass is 19.1. The molecule has 18 heavy (non-hydrogen) atoms. The second-order valence-electron chi connectivity index (χ2n) is 4.97. The van der Waals surface area contributed by atoms with E-state index in [0.717, 1.165) is 29.9 Å². The minimum atomic E-state index is -0.486. The van der Waals surface area contributed by atoms with Crippen LogP contribution in [0.1, 0.15) is 26.7 Å². The SMILES string of the molecule is CC(C)NC1CCN(C(=O)n2cc(F)cn2)CC1. The Labute approximate surface area is 106 Å². The molecule has 2 heterocycles. The highest BCUT2D eigenvalue weighted by Gasteiger charge is 2.24. The van der Waals surface area contributed by atoms with Gasteiger partial charge in [0.25, 0.3) is 0 Å². The normalized spacial score (nSPS) is 17.4. The van der Waals surface area contributed by atoms with Crippen LogP contribution in [0.2, 0.25) is 0 Å². The molecule has 1 amide bonds. The molecule has 0 saturated carbocycles. The van der Waals surface area contributed by atoms with E-state index in [0.29, 0.717) is 25.2 Å². The fourth-order valence-corrected chi connectivity index (χ4v) is 2.26. The van der Waals surface area contributed by atoms with Gasteiger partial charge in [0.05, 0.1) is 12.4 Å². The Morgan fingerprint density at radius 3 is 2.67 bits per heavy atom. The van der Waals surface area contributed by atoms with Gasteiger partial charge >= 0.3 is 6.03 Å². The number of piperidine rings is 1. The van der Waals surface area contributed by atoms with Crippen LogP contribution in [0.25, 0.3) is 0 Å². The van der Waals surface area contributed by atoms with E-state index in [9.17, 15) is 9.18 Å². The van der Waals surface area contributed by atoms with E-state index >= 15 is 0 Å². The molecule has 0 spiro atoms. The van der Waals surface area contributed by atoms with E-state index in [-0.39, 0.29) is 6.03 Å². The molecular formula is C12H19FN4O. The van der Waals surface area contributed by atoms with Crippen molar-refractivity contribution in [1.82, 2.24) is 20.0 Å². The number of hydrogen-bond donors (Lipinski definition) is 1. The molecule has 100 valence electrons. The first-order chi connectivity index (χ1) is 8.56.